The highest BCUT2D eigenvalue weighted by Crippen LogP contribution is 2.12. The minimum Gasteiger partial charge on any atom is -0.478 e. The number of rotatable bonds is 2. The molecule has 2 aromatic rings. The second-order valence-corrected chi connectivity index (χ2v) is 3.43. The topological polar surface area (TPSA) is 75.1 Å². The number of carbonyl (C=O) groups is 1. The smallest absolute Gasteiger partial charge is 0.337 e. The fourth-order valence-corrected chi connectivity index (χ4v) is 1.56. The lowest BCUT2D eigenvalue weighted by Gasteiger charge is -2.04. The summed E-state index contributed by atoms with van der Waals surface area (Å²) in [7, 11) is 0. The number of aryl methyl sites for hydroxylation is 1. The van der Waals surface area contributed by atoms with Crippen molar-refractivity contribution in [1.29, 1.82) is 0 Å². The fourth-order valence-electron chi connectivity index (χ4n) is 1.56. The summed E-state index contributed by atoms with van der Waals surface area (Å²) in [6.45, 7) is 1.74. The highest BCUT2D eigenvalue weighted by atomic mass is 16.4. The Kier molecular flexibility index (Phi) is 2.36. The van der Waals surface area contributed by atoms with Gasteiger partial charge in [0.05, 0.1) is 11.3 Å². The van der Waals surface area contributed by atoms with E-state index in [1.807, 2.05) is 0 Å². The Hall–Kier alpha value is -2.30. The van der Waals surface area contributed by atoms with Crippen molar-refractivity contribution in [1.82, 2.24) is 9.55 Å². The lowest BCUT2D eigenvalue weighted by Crippen LogP contribution is -2.17. The number of hydrogen-bond acceptors (Lipinski definition) is 2. The average Bonchev–Trinajstić information content (AvgIpc) is 2.57. The zero-order chi connectivity index (χ0) is 11.7. The lowest BCUT2D eigenvalue weighted by molar-refractivity contribution is 0.0697. The first-order valence-corrected chi connectivity index (χ1v) is 4.70. The van der Waals surface area contributed by atoms with Gasteiger partial charge in [-0.05, 0) is 19.1 Å². The molecule has 2 rings (SSSR count). The van der Waals surface area contributed by atoms with Crippen LogP contribution in [0.25, 0.3) is 5.69 Å². The summed E-state index contributed by atoms with van der Waals surface area (Å²) in [6.07, 6.45) is 1.57. The van der Waals surface area contributed by atoms with Crippen LogP contribution in [0.3, 0.4) is 0 Å². The van der Waals surface area contributed by atoms with E-state index in [0.29, 0.717) is 11.4 Å². The molecule has 0 radical (unpaired) electrons. The van der Waals surface area contributed by atoms with Crippen molar-refractivity contribution < 1.29 is 9.90 Å². The molecule has 1 heterocycles. The minimum atomic E-state index is -1.05. The zero-order valence-corrected chi connectivity index (χ0v) is 8.60. The van der Waals surface area contributed by atoms with E-state index in [1.54, 1.807) is 31.3 Å². The van der Waals surface area contributed by atoms with Crippen molar-refractivity contribution in [2.24, 2.45) is 0 Å². The zero-order valence-electron chi connectivity index (χ0n) is 8.60. The Morgan fingerprint density at radius 1 is 1.38 bits per heavy atom. The van der Waals surface area contributed by atoms with Crippen molar-refractivity contribution in [3.05, 3.63) is 52.2 Å². The maximum atomic E-state index is 11.5. The first kappa shape index (κ1) is 10.2. The van der Waals surface area contributed by atoms with Crippen LogP contribution in [0.5, 0.6) is 0 Å². The molecule has 0 aliphatic heterocycles. The molecular formula is C11H10N2O3. The van der Waals surface area contributed by atoms with E-state index in [-0.39, 0.29) is 11.3 Å². The molecule has 2 N–H and O–H groups in total. The molecule has 0 aliphatic rings. The van der Waals surface area contributed by atoms with Crippen LogP contribution in [0.2, 0.25) is 0 Å². The van der Waals surface area contributed by atoms with Crippen LogP contribution in [0.4, 0.5) is 0 Å². The third-order valence-corrected chi connectivity index (χ3v) is 2.24. The Balaban J connectivity index is 2.69. The summed E-state index contributed by atoms with van der Waals surface area (Å²) in [5, 5.41) is 9.00. The Bertz CT molecular complexity index is 595. The van der Waals surface area contributed by atoms with E-state index < -0.39 is 5.97 Å². The molecule has 0 spiro atoms. The van der Waals surface area contributed by atoms with E-state index in [9.17, 15) is 9.59 Å². The van der Waals surface area contributed by atoms with Gasteiger partial charge < -0.3 is 10.1 Å². The molecule has 5 heteroatoms. The highest BCUT2D eigenvalue weighted by molar-refractivity contribution is 5.91. The van der Waals surface area contributed by atoms with Crippen molar-refractivity contribution >= 4 is 5.97 Å². The number of nitrogens with zero attached hydrogens (tertiary/aromatic N) is 1. The number of aromatic nitrogens is 2. The van der Waals surface area contributed by atoms with Gasteiger partial charge in [-0.15, -0.1) is 0 Å². The Morgan fingerprint density at radius 3 is 2.62 bits per heavy atom. The predicted molar refractivity (Wildman–Crippen MR) is 58.1 cm³/mol. The molecule has 0 amide bonds. The van der Waals surface area contributed by atoms with E-state index in [0.717, 1.165) is 0 Å². The first-order chi connectivity index (χ1) is 7.59. The summed E-state index contributed by atoms with van der Waals surface area (Å²) >= 11 is 0. The molecule has 0 saturated heterocycles. The van der Waals surface area contributed by atoms with Crippen LogP contribution in [0, 0.1) is 6.92 Å². The number of benzene rings is 1. The molecule has 1 aromatic heterocycles. The number of H-pyrrole nitrogens is 1. The third kappa shape index (κ3) is 1.63. The van der Waals surface area contributed by atoms with Gasteiger partial charge in [0, 0.05) is 11.9 Å². The predicted octanol–water partition coefficient (Wildman–Crippen LogP) is 1.17. The summed E-state index contributed by atoms with van der Waals surface area (Å²) in [6, 6.07) is 6.37. The maximum Gasteiger partial charge on any atom is 0.337 e. The second kappa shape index (κ2) is 3.69. The van der Waals surface area contributed by atoms with Gasteiger partial charge in [-0.3, -0.25) is 4.57 Å². The Labute approximate surface area is 91.0 Å². The minimum absolute atomic E-state index is 0.101. The van der Waals surface area contributed by atoms with Crippen LogP contribution >= 0.6 is 0 Å². The van der Waals surface area contributed by atoms with E-state index >= 15 is 0 Å². The number of imidazole rings is 1. The molecule has 5 nitrogen and oxygen atoms in total. The Morgan fingerprint density at radius 2 is 2.06 bits per heavy atom. The van der Waals surface area contributed by atoms with Crippen LogP contribution in [-0.2, 0) is 0 Å². The number of para-hydroxylation sites is 1. The van der Waals surface area contributed by atoms with Gasteiger partial charge in [0.2, 0.25) is 0 Å². The lowest BCUT2D eigenvalue weighted by atomic mass is 10.2. The molecule has 0 unspecified atom stereocenters. The van der Waals surface area contributed by atoms with Gasteiger partial charge in [-0.2, -0.15) is 0 Å². The number of hydrogen-bond donors (Lipinski definition) is 2. The monoisotopic (exact) mass is 218 g/mol. The third-order valence-electron chi connectivity index (χ3n) is 2.24. The van der Waals surface area contributed by atoms with Crippen molar-refractivity contribution in [3.8, 4) is 5.69 Å². The summed E-state index contributed by atoms with van der Waals surface area (Å²) < 4.78 is 1.29. The quantitative estimate of drug-likeness (QED) is 0.794. The number of aromatic amines is 1. The van der Waals surface area contributed by atoms with Crippen molar-refractivity contribution in [2.45, 2.75) is 6.92 Å². The van der Waals surface area contributed by atoms with Gasteiger partial charge in [0.1, 0.15) is 0 Å². The standard InChI is InChI=1S/C11H10N2O3/c1-7-6-13(11(16)12-7)9-5-3-2-4-8(9)10(14)15/h2-6H,1H3,(H,12,16)(H,14,15). The summed E-state index contributed by atoms with van der Waals surface area (Å²) in [5.41, 5.74) is 0.810. The van der Waals surface area contributed by atoms with E-state index in [1.165, 1.54) is 10.6 Å². The normalized spacial score (nSPS) is 10.3. The molecule has 1 aromatic carbocycles. The van der Waals surface area contributed by atoms with Crippen LogP contribution in [0.15, 0.2) is 35.3 Å². The van der Waals surface area contributed by atoms with Crippen molar-refractivity contribution in [3.63, 3.8) is 0 Å². The average molecular weight is 218 g/mol. The molecule has 16 heavy (non-hydrogen) atoms. The van der Waals surface area contributed by atoms with Crippen LogP contribution in [-0.4, -0.2) is 20.6 Å². The van der Waals surface area contributed by atoms with Gasteiger partial charge in [-0.1, -0.05) is 12.1 Å². The highest BCUT2D eigenvalue weighted by Gasteiger charge is 2.12. The number of nitrogens with one attached hydrogen (secondary N) is 1. The molecule has 0 fully saturated rings. The molecule has 0 saturated carbocycles. The summed E-state index contributed by atoms with van der Waals surface area (Å²) in [4.78, 5) is 25.1. The van der Waals surface area contributed by atoms with Gasteiger partial charge in [-0.25, -0.2) is 9.59 Å². The molecule has 82 valence electrons. The van der Waals surface area contributed by atoms with Gasteiger partial charge in [0.25, 0.3) is 0 Å². The summed E-state index contributed by atoms with van der Waals surface area (Å²) in [5.74, 6) is -1.05. The molecule has 0 bridgehead atoms. The molecule has 0 aliphatic carbocycles. The van der Waals surface area contributed by atoms with Crippen LogP contribution in [0.1, 0.15) is 16.1 Å². The van der Waals surface area contributed by atoms with E-state index in [4.69, 9.17) is 5.11 Å². The maximum absolute atomic E-state index is 11.5. The largest absolute Gasteiger partial charge is 0.478 e. The number of aromatic carboxylic acids is 1. The molecule has 0 atom stereocenters. The van der Waals surface area contributed by atoms with Gasteiger partial charge in [0.15, 0.2) is 0 Å². The number of carboxylic acid groups (broad SMARTS) is 1. The van der Waals surface area contributed by atoms with Crippen LogP contribution < -0.4 is 5.69 Å². The fraction of sp³-hybridized carbons (Fsp3) is 0.0909. The van der Waals surface area contributed by atoms with E-state index in [2.05, 4.69) is 4.98 Å². The second-order valence-electron chi connectivity index (χ2n) is 3.43. The SMILES string of the molecule is Cc1cn(-c2ccccc2C(=O)O)c(=O)[nH]1. The molecular weight excluding hydrogens is 208 g/mol. The number of carboxylic acids is 1. The van der Waals surface area contributed by atoms with Gasteiger partial charge >= 0.3 is 11.7 Å². The van der Waals surface area contributed by atoms with Crippen molar-refractivity contribution in [2.75, 3.05) is 0 Å². The first-order valence-electron chi connectivity index (χ1n) is 4.70.